The van der Waals surface area contributed by atoms with Crippen LogP contribution in [0.25, 0.3) is 0 Å². The third-order valence-electron chi connectivity index (χ3n) is 4.29. The van der Waals surface area contributed by atoms with Crippen LogP contribution in [-0.2, 0) is 19.6 Å². The van der Waals surface area contributed by atoms with Crippen molar-refractivity contribution in [2.24, 2.45) is 0 Å². The van der Waals surface area contributed by atoms with Crippen LogP contribution in [0.1, 0.15) is 26.5 Å². The molecule has 0 atom stereocenters. The van der Waals surface area contributed by atoms with Crippen LogP contribution in [0.2, 0.25) is 5.02 Å². The molecular weight excluding hydrogens is 438 g/mol. The molecule has 10 heteroatoms. The monoisotopic (exact) mass is 454 g/mol. The minimum atomic E-state index is -0.434. The highest BCUT2D eigenvalue weighted by molar-refractivity contribution is 7.15. The van der Waals surface area contributed by atoms with Crippen molar-refractivity contribution in [3.05, 3.63) is 68.9 Å². The molecule has 2 aromatic carbocycles. The van der Waals surface area contributed by atoms with Crippen molar-refractivity contribution in [1.82, 2.24) is 15.5 Å². The Morgan fingerprint density at radius 1 is 1.24 bits per heavy atom. The highest BCUT2D eigenvalue weighted by Crippen LogP contribution is 2.26. The van der Waals surface area contributed by atoms with E-state index in [-0.39, 0.29) is 29.9 Å². The Bertz CT molecular complexity index is 1030. The first-order chi connectivity index (χ1) is 13.6. The third-order valence-corrected chi connectivity index (χ3v) is 5.39. The summed E-state index contributed by atoms with van der Waals surface area (Å²) in [5.74, 6) is -0.310. The fraction of sp³-hybridized carbons (Fsp3) is 0.211. The minimum Gasteiger partial charge on any atom is -0.485 e. The molecule has 1 amide bonds. The Balaban J connectivity index is 0.00000240. The van der Waals surface area contributed by atoms with Gasteiger partial charge < -0.3 is 10.1 Å². The predicted molar refractivity (Wildman–Crippen MR) is 113 cm³/mol. The number of aromatic nitrogens is 2. The van der Waals surface area contributed by atoms with E-state index in [2.05, 4.69) is 20.8 Å². The van der Waals surface area contributed by atoms with E-state index in [1.54, 1.807) is 0 Å². The van der Waals surface area contributed by atoms with E-state index < -0.39 is 5.82 Å². The molecule has 0 aliphatic carbocycles. The Morgan fingerprint density at radius 2 is 2.10 bits per heavy atom. The van der Waals surface area contributed by atoms with Gasteiger partial charge >= 0.3 is 0 Å². The average molecular weight is 455 g/mol. The molecule has 2 heterocycles. The number of benzene rings is 2. The van der Waals surface area contributed by atoms with Crippen molar-refractivity contribution < 1.29 is 13.9 Å². The molecule has 6 nitrogen and oxygen atoms in total. The lowest BCUT2D eigenvalue weighted by Crippen LogP contribution is -2.24. The molecule has 0 spiro atoms. The first kappa shape index (κ1) is 21.4. The van der Waals surface area contributed by atoms with Gasteiger partial charge in [-0.25, -0.2) is 4.39 Å². The highest BCUT2D eigenvalue weighted by Gasteiger charge is 2.15. The molecule has 0 bridgehead atoms. The number of ether oxygens (including phenoxy) is 1. The average Bonchev–Trinajstić information content (AvgIpc) is 3.14. The summed E-state index contributed by atoms with van der Waals surface area (Å²) in [4.78, 5) is 12.5. The van der Waals surface area contributed by atoms with Crippen LogP contribution in [-0.4, -0.2) is 22.6 Å². The van der Waals surface area contributed by atoms with E-state index in [9.17, 15) is 9.18 Å². The number of halogens is 3. The summed E-state index contributed by atoms with van der Waals surface area (Å²) in [5, 5.41) is 15.2. The molecular formula is C19H17Cl2FN4O2S. The van der Waals surface area contributed by atoms with Gasteiger partial charge in [-0.3, -0.25) is 10.1 Å². The fourth-order valence-electron chi connectivity index (χ4n) is 2.88. The first-order valence-corrected chi connectivity index (χ1v) is 9.82. The van der Waals surface area contributed by atoms with Crippen molar-refractivity contribution in [2.75, 3.05) is 11.9 Å². The van der Waals surface area contributed by atoms with Gasteiger partial charge in [0.05, 0.1) is 5.02 Å². The van der Waals surface area contributed by atoms with Gasteiger partial charge in [0, 0.05) is 12.1 Å². The second kappa shape index (κ2) is 9.49. The lowest BCUT2D eigenvalue weighted by Gasteiger charge is -2.17. The largest absolute Gasteiger partial charge is 0.485 e. The van der Waals surface area contributed by atoms with E-state index in [1.807, 2.05) is 18.2 Å². The first-order valence-electron chi connectivity index (χ1n) is 8.62. The molecule has 1 aliphatic heterocycles. The molecule has 0 fully saturated rings. The molecule has 0 saturated carbocycles. The Hall–Kier alpha value is -2.26. The molecule has 3 aromatic rings. The number of nitrogens with one attached hydrogen (secondary N) is 2. The summed E-state index contributed by atoms with van der Waals surface area (Å²) < 4.78 is 18.6. The van der Waals surface area contributed by atoms with Gasteiger partial charge in [0.2, 0.25) is 5.13 Å². The minimum absolute atomic E-state index is 0. The van der Waals surface area contributed by atoms with E-state index >= 15 is 0 Å². The number of hydrogen-bond donors (Lipinski definition) is 2. The molecule has 1 aliphatic rings. The van der Waals surface area contributed by atoms with Crippen molar-refractivity contribution in [3.8, 4) is 5.75 Å². The van der Waals surface area contributed by atoms with Crippen LogP contribution in [0, 0.1) is 5.82 Å². The van der Waals surface area contributed by atoms with Crippen LogP contribution >= 0.6 is 35.3 Å². The SMILES string of the molecule is Cl.O=C(Nc1nnc(COc2ccc(F)cc2Cl)s1)c1ccc2c(c1)CCNC2. The lowest BCUT2D eigenvalue weighted by molar-refractivity contribution is 0.102. The Morgan fingerprint density at radius 3 is 2.93 bits per heavy atom. The highest BCUT2D eigenvalue weighted by atomic mass is 35.5. The number of rotatable bonds is 5. The quantitative estimate of drug-likeness (QED) is 0.603. The number of fused-ring (bicyclic) bond motifs is 1. The van der Waals surface area contributed by atoms with E-state index in [0.717, 1.165) is 19.5 Å². The molecule has 0 radical (unpaired) electrons. The second-order valence-corrected chi connectivity index (χ2v) is 7.70. The van der Waals surface area contributed by atoms with Crippen LogP contribution in [0.4, 0.5) is 9.52 Å². The van der Waals surface area contributed by atoms with Crippen LogP contribution in [0.3, 0.4) is 0 Å². The number of carbonyl (C=O) groups excluding carboxylic acids is 1. The van der Waals surface area contributed by atoms with E-state index in [0.29, 0.717) is 21.5 Å². The van der Waals surface area contributed by atoms with Gasteiger partial charge in [0.15, 0.2) is 5.01 Å². The normalized spacial score (nSPS) is 12.6. The smallest absolute Gasteiger partial charge is 0.257 e. The predicted octanol–water partition coefficient (Wildman–Crippen LogP) is 4.23. The van der Waals surface area contributed by atoms with Gasteiger partial charge in [0.25, 0.3) is 5.91 Å². The number of amides is 1. The Kier molecular flexibility index (Phi) is 7.02. The second-order valence-electron chi connectivity index (χ2n) is 6.23. The molecule has 0 saturated heterocycles. The third kappa shape index (κ3) is 5.22. The fourth-order valence-corrected chi connectivity index (χ4v) is 3.75. The van der Waals surface area contributed by atoms with E-state index in [1.165, 1.54) is 40.7 Å². The number of hydrogen-bond acceptors (Lipinski definition) is 6. The van der Waals surface area contributed by atoms with Gasteiger partial charge in [-0.2, -0.15) is 0 Å². The molecule has 0 unspecified atom stereocenters. The summed E-state index contributed by atoms with van der Waals surface area (Å²) in [6.07, 6.45) is 0.905. The van der Waals surface area contributed by atoms with Crippen molar-refractivity contribution in [3.63, 3.8) is 0 Å². The zero-order chi connectivity index (χ0) is 19.5. The molecule has 152 valence electrons. The molecule has 1 aromatic heterocycles. The maximum atomic E-state index is 13.1. The molecule has 4 rings (SSSR count). The topological polar surface area (TPSA) is 76.1 Å². The maximum Gasteiger partial charge on any atom is 0.257 e. The van der Waals surface area contributed by atoms with Crippen molar-refractivity contribution in [1.29, 1.82) is 0 Å². The zero-order valence-corrected chi connectivity index (χ0v) is 17.5. The summed E-state index contributed by atoms with van der Waals surface area (Å²) in [7, 11) is 0. The zero-order valence-electron chi connectivity index (χ0n) is 15.1. The van der Waals surface area contributed by atoms with Gasteiger partial charge in [-0.05, 0) is 54.4 Å². The number of nitrogens with zero attached hydrogens (tertiary/aromatic N) is 2. The number of carbonyl (C=O) groups is 1. The van der Waals surface area contributed by atoms with Crippen LogP contribution in [0.5, 0.6) is 5.75 Å². The lowest BCUT2D eigenvalue weighted by atomic mass is 9.98. The standard InChI is InChI=1S/C19H16ClFN4O2S.ClH/c20-15-8-14(21)3-4-16(15)27-10-17-24-25-19(28-17)23-18(26)12-1-2-13-9-22-6-5-11(13)7-12;/h1-4,7-8,22H,5-6,9-10H2,(H,23,25,26);1H. The van der Waals surface area contributed by atoms with E-state index in [4.69, 9.17) is 16.3 Å². The summed E-state index contributed by atoms with van der Waals surface area (Å²) in [5.41, 5.74) is 3.00. The summed E-state index contributed by atoms with van der Waals surface area (Å²) >= 11 is 7.14. The molecule has 2 N–H and O–H groups in total. The Labute approximate surface area is 181 Å². The van der Waals surface area contributed by atoms with Crippen LogP contribution in [0.15, 0.2) is 36.4 Å². The van der Waals surface area contributed by atoms with Crippen molar-refractivity contribution in [2.45, 2.75) is 19.6 Å². The van der Waals surface area contributed by atoms with Gasteiger partial charge in [-0.1, -0.05) is 29.0 Å². The summed E-state index contributed by atoms with van der Waals surface area (Å²) in [6.45, 7) is 1.86. The van der Waals surface area contributed by atoms with Crippen LogP contribution < -0.4 is 15.4 Å². The summed E-state index contributed by atoms with van der Waals surface area (Å²) in [6, 6.07) is 9.60. The maximum absolute atomic E-state index is 13.1. The molecule has 29 heavy (non-hydrogen) atoms. The number of anilines is 1. The van der Waals surface area contributed by atoms with Gasteiger partial charge in [-0.15, -0.1) is 22.6 Å². The van der Waals surface area contributed by atoms with Crippen molar-refractivity contribution >= 4 is 46.4 Å². The van der Waals surface area contributed by atoms with Gasteiger partial charge in [0.1, 0.15) is 18.2 Å².